The Morgan fingerprint density at radius 2 is 0.546 bits per heavy atom. The van der Waals surface area contributed by atoms with Gasteiger partial charge in [0.05, 0.1) is 66.6 Å². The molecule has 12 nitrogen and oxygen atoms in total. The van der Waals surface area contributed by atoms with E-state index in [9.17, 15) is 19.2 Å². The summed E-state index contributed by atoms with van der Waals surface area (Å²) < 4.78 is 34.3. The highest BCUT2D eigenvalue weighted by Crippen LogP contribution is 2.53. The van der Waals surface area contributed by atoms with Gasteiger partial charge in [0.15, 0.2) is 0 Å². The maximum atomic E-state index is 13.8. The van der Waals surface area contributed by atoms with E-state index in [0.717, 1.165) is 156 Å². The number of aromatic nitrogens is 2. The number of aryl methyl sites for hydroxylation is 8. The predicted octanol–water partition coefficient (Wildman–Crippen LogP) is 15.0. The van der Waals surface area contributed by atoms with E-state index in [1.54, 1.807) is 0 Å². The van der Waals surface area contributed by atoms with Crippen LogP contribution >= 0.6 is 0 Å². The molecule has 8 aromatic carbocycles. The molecule has 474 valence electrons. The normalized spacial score (nSPS) is 14.8. The van der Waals surface area contributed by atoms with Crippen LogP contribution in [0.4, 0.5) is 0 Å². The Balaban J connectivity index is 0.892. The summed E-state index contributed by atoms with van der Waals surface area (Å²) in [7, 11) is 0. The first-order valence-electron chi connectivity index (χ1n) is 32.7. The maximum Gasteiger partial charge on any atom is 0.553 e. The van der Waals surface area contributed by atoms with Crippen molar-refractivity contribution in [2.45, 2.75) is 89.0 Å². The number of hydrogen-bond acceptors (Lipinski definition) is 8. The maximum absolute atomic E-state index is 13.8. The summed E-state index contributed by atoms with van der Waals surface area (Å²) in [6.45, 7) is 24.2. The molecule has 2 aromatic heterocycles. The minimum atomic E-state index is -1.18. The van der Waals surface area contributed by atoms with Gasteiger partial charge in [0, 0.05) is 24.3 Å². The lowest BCUT2D eigenvalue weighted by Crippen LogP contribution is -2.71. The highest BCUT2D eigenvalue weighted by Gasteiger charge is 2.73. The molecule has 0 unspecified atom stereocenters. The first-order chi connectivity index (χ1) is 46.7. The van der Waals surface area contributed by atoms with Gasteiger partial charge in [0.25, 0.3) is 0 Å². The summed E-state index contributed by atoms with van der Waals surface area (Å²) in [5.41, 5.74) is 27.6. The molecular formula is C85H68N4O8+2. The smallest absolute Gasteiger partial charge is 0.423 e. The SMILES string of the molecule is Cc1cc(C(=O)Oc2ccc(C3=C4C=CC5=[N+]4C46n7c3ccc7C(c3ccc(OC(=O)c7cc(C)c(C)c(C)c7)cc3)=C3C=CC(=[N+]34)C(c3ccc(OC(=O)c4cc(C)c(C)c(C)c4)cc3)=c3ccc(n36)=C5c3ccc(OC(=O)c4cc(C)c(C)c(C)c4)cc3)cc2)cc(C)c1C. The van der Waals surface area contributed by atoms with Crippen LogP contribution < -0.4 is 29.6 Å². The van der Waals surface area contributed by atoms with Gasteiger partial charge in [0.1, 0.15) is 23.0 Å². The lowest BCUT2D eigenvalue weighted by Gasteiger charge is -2.41. The van der Waals surface area contributed by atoms with Gasteiger partial charge >= 0.3 is 29.8 Å². The average Bonchev–Trinajstić information content (AvgIpc) is 1.52. The molecule has 0 radical (unpaired) electrons. The Bertz CT molecular complexity index is 5190. The van der Waals surface area contributed by atoms with Crippen molar-refractivity contribution >= 4 is 57.6 Å². The first kappa shape index (κ1) is 60.2. The summed E-state index contributed by atoms with van der Waals surface area (Å²) >= 11 is 0. The molecule has 0 saturated heterocycles. The van der Waals surface area contributed by atoms with Gasteiger partial charge in [-0.15, -0.1) is 0 Å². The van der Waals surface area contributed by atoms with Crippen molar-refractivity contribution < 1.29 is 47.3 Å². The fourth-order valence-electron chi connectivity index (χ4n) is 14.9. The quantitative estimate of drug-likeness (QED) is 0.0674. The molecule has 10 aromatic rings. The molecule has 97 heavy (non-hydrogen) atoms. The molecule has 0 amide bonds. The van der Waals surface area contributed by atoms with Crippen molar-refractivity contribution in [1.29, 1.82) is 0 Å². The zero-order chi connectivity index (χ0) is 67.4. The molecule has 6 aliphatic rings. The van der Waals surface area contributed by atoms with Gasteiger partial charge in [-0.1, -0.05) is 57.7 Å². The first-order valence-corrected chi connectivity index (χ1v) is 32.7. The second-order valence-corrected chi connectivity index (χ2v) is 26.5. The number of allylic oxidation sites excluding steroid dienone is 4. The van der Waals surface area contributed by atoms with Crippen molar-refractivity contribution in [2.24, 2.45) is 0 Å². The van der Waals surface area contributed by atoms with Crippen molar-refractivity contribution in [3.8, 4) is 23.0 Å². The third-order valence-electron chi connectivity index (χ3n) is 20.8. The van der Waals surface area contributed by atoms with Crippen LogP contribution in [0, 0.1) is 83.1 Å². The van der Waals surface area contributed by atoms with Gasteiger partial charge in [-0.2, -0.15) is 9.13 Å². The molecule has 16 rings (SSSR count). The van der Waals surface area contributed by atoms with Crippen molar-refractivity contribution in [3.05, 3.63) is 339 Å². The molecule has 0 bridgehead atoms. The highest BCUT2D eigenvalue weighted by atomic mass is 16.5. The minimum Gasteiger partial charge on any atom is -0.423 e. The Kier molecular flexibility index (Phi) is 13.8. The third-order valence-corrected chi connectivity index (χ3v) is 20.8. The summed E-state index contributed by atoms with van der Waals surface area (Å²) in [5, 5.41) is 1.87. The zero-order valence-electron chi connectivity index (χ0n) is 56.0. The number of carbonyl (C=O) groups is 4. The third kappa shape index (κ3) is 9.25. The average molecular weight is 1270 g/mol. The fourth-order valence-corrected chi connectivity index (χ4v) is 14.9. The predicted molar refractivity (Wildman–Crippen MR) is 376 cm³/mol. The van der Waals surface area contributed by atoms with Crippen LogP contribution in [0.25, 0.3) is 22.3 Å². The molecule has 0 saturated carbocycles. The van der Waals surface area contributed by atoms with E-state index in [1.165, 1.54) is 0 Å². The van der Waals surface area contributed by atoms with E-state index < -0.39 is 29.8 Å². The number of hydrogen-bond donors (Lipinski definition) is 0. The molecule has 0 aliphatic carbocycles. The Morgan fingerprint density at radius 3 is 0.804 bits per heavy atom. The van der Waals surface area contributed by atoms with Crippen LogP contribution in [0.5, 0.6) is 23.0 Å². The topological polar surface area (TPSA) is 121 Å². The van der Waals surface area contributed by atoms with Crippen molar-refractivity contribution in [3.63, 3.8) is 0 Å². The second kappa shape index (κ2) is 22.2. The van der Waals surface area contributed by atoms with Crippen LogP contribution in [0.2, 0.25) is 0 Å². The number of ether oxygens (including phenoxy) is 4. The molecule has 8 heterocycles. The number of rotatable bonds is 12. The molecule has 12 heteroatoms. The molecule has 0 fully saturated rings. The molecule has 0 atom stereocenters. The molecule has 0 N–H and O–H groups in total. The van der Waals surface area contributed by atoms with Crippen molar-refractivity contribution in [2.75, 3.05) is 0 Å². The lowest BCUT2D eigenvalue weighted by atomic mass is 9.92. The fraction of sp³-hybridized carbons (Fsp3) is 0.153. The molecule has 1 spiro atoms. The van der Waals surface area contributed by atoms with E-state index >= 15 is 0 Å². The minimum absolute atomic E-state index is 0.413. The number of esters is 4. The van der Waals surface area contributed by atoms with Crippen LogP contribution in [0.1, 0.15) is 142 Å². The second-order valence-electron chi connectivity index (χ2n) is 26.5. The summed E-state index contributed by atoms with van der Waals surface area (Å²) in [6.07, 6.45) is 8.83. The summed E-state index contributed by atoms with van der Waals surface area (Å²) in [6, 6.07) is 54.9. The molecular weight excluding hydrogens is 1200 g/mol. The van der Waals surface area contributed by atoms with Gasteiger partial charge in [-0.25, -0.2) is 19.2 Å². The van der Waals surface area contributed by atoms with E-state index in [0.29, 0.717) is 45.3 Å². The van der Waals surface area contributed by atoms with Gasteiger partial charge in [-0.3, -0.25) is 0 Å². The van der Waals surface area contributed by atoms with Crippen molar-refractivity contribution in [1.82, 2.24) is 9.13 Å². The highest BCUT2D eigenvalue weighted by molar-refractivity contribution is 6.29. The van der Waals surface area contributed by atoms with E-state index in [-0.39, 0.29) is 0 Å². The Labute approximate surface area is 562 Å². The standard InChI is InChI=1S/C85H68N4O8/c1-45-37-61(38-46(2)53(45)9)81(90)94-65-21-13-57(14-22-65)77-69-29-31-71-78(58-15-23-66(24-16-58)95-82(91)62-39-47(3)54(10)48(4)40-62)73-33-35-75-80(60-19-27-68(28-20-60)97-84(93)64-43-51(7)56(12)52(8)44-64)76-36-34-74-79(72-32-30-70(77)87(72)85(86(69)71,88(73)75)89(74)76)59-17-25-67(26-18-59)96-83(92)63-41-49(5)55(11)50(6)42-63/h13-44H,1-12H3/q+2. The Morgan fingerprint density at radius 1 is 0.299 bits per heavy atom. The van der Waals surface area contributed by atoms with Crippen LogP contribution in [-0.4, -0.2) is 53.6 Å². The Hall–Kier alpha value is -11.8. The van der Waals surface area contributed by atoms with Gasteiger partial charge in [0.2, 0.25) is 22.8 Å². The monoisotopic (exact) mass is 1270 g/mol. The van der Waals surface area contributed by atoms with Crippen LogP contribution in [0.15, 0.2) is 206 Å². The van der Waals surface area contributed by atoms with Gasteiger partial charge < -0.3 is 18.9 Å². The number of carbonyl (C=O) groups excluding carboxylic acids is 4. The summed E-state index contributed by atoms with van der Waals surface area (Å²) in [5.74, 6) is -1.26. The number of benzene rings is 8. The van der Waals surface area contributed by atoms with Gasteiger partial charge in [-0.05, 0) is 293 Å². The van der Waals surface area contributed by atoms with E-state index in [1.807, 2.05) is 201 Å². The van der Waals surface area contributed by atoms with E-state index in [2.05, 4.69) is 94.5 Å². The summed E-state index contributed by atoms with van der Waals surface area (Å²) in [4.78, 5) is 55.3. The van der Waals surface area contributed by atoms with E-state index in [4.69, 9.17) is 18.9 Å². The zero-order valence-corrected chi connectivity index (χ0v) is 56.0. The number of nitrogens with zero attached hydrogens (tertiary/aromatic N) is 4. The van der Waals surface area contributed by atoms with Crippen LogP contribution in [0.3, 0.4) is 0 Å². The molecule has 6 aliphatic heterocycles. The lowest BCUT2D eigenvalue weighted by molar-refractivity contribution is -0.834. The van der Waals surface area contributed by atoms with Crippen LogP contribution in [-0.2, 0) is 5.91 Å². The largest absolute Gasteiger partial charge is 0.553 e.